The Balaban J connectivity index is 1.85. The molecule has 9 heteroatoms. The minimum absolute atomic E-state index is 0.164. The highest BCUT2D eigenvalue weighted by Crippen LogP contribution is 2.43. The minimum Gasteiger partial charge on any atom is -0.487 e. The van der Waals surface area contributed by atoms with Gasteiger partial charge >= 0.3 is 6.18 Å². The predicted octanol–water partition coefficient (Wildman–Crippen LogP) is 5.51. The van der Waals surface area contributed by atoms with Gasteiger partial charge in [-0.15, -0.1) is 0 Å². The highest BCUT2D eigenvalue weighted by molar-refractivity contribution is 5.92. The number of hydrogen-bond acceptors (Lipinski definition) is 5. The van der Waals surface area contributed by atoms with Gasteiger partial charge in [-0.1, -0.05) is 12.1 Å². The van der Waals surface area contributed by atoms with E-state index in [9.17, 15) is 18.0 Å². The van der Waals surface area contributed by atoms with E-state index in [-0.39, 0.29) is 22.4 Å². The number of hydrogen-bond donors (Lipinski definition) is 1. The number of fused-ring (bicyclic) bond motifs is 1. The molecule has 0 saturated heterocycles. The molecule has 33 heavy (non-hydrogen) atoms. The summed E-state index contributed by atoms with van der Waals surface area (Å²) in [6, 6.07) is 3.69. The molecule has 4 rings (SSSR count). The maximum absolute atomic E-state index is 13.4. The van der Waals surface area contributed by atoms with Gasteiger partial charge in [0.2, 0.25) is 5.75 Å². The van der Waals surface area contributed by atoms with Gasteiger partial charge in [-0.05, 0) is 64.7 Å². The second-order valence-electron chi connectivity index (χ2n) is 8.83. The number of nitrogens with zero attached hydrogens (tertiary/aromatic N) is 3. The Hall–Kier alpha value is -3.10. The number of aryl methyl sites for hydroxylation is 1. The fourth-order valence-corrected chi connectivity index (χ4v) is 4.19. The number of benzene rings is 1. The SMILES string of the molecule is CCOc1c(=O)n(C2(C)CC2)cc2c(N[C@H](C)c3cccc(C(F)(F)F)c3C)nc(C)nc12. The molecule has 0 aliphatic heterocycles. The van der Waals surface area contributed by atoms with Gasteiger partial charge in [-0.3, -0.25) is 4.79 Å². The summed E-state index contributed by atoms with van der Waals surface area (Å²) in [7, 11) is 0. The Morgan fingerprint density at radius 3 is 2.55 bits per heavy atom. The van der Waals surface area contributed by atoms with Crippen molar-refractivity contribution in [2.75, 3.05) is 11.9 Å². The zero-order valence-corrected chi connectivity index (χ0v) is 19.3. The first kappa shape index (κ1) is 23.1. The molecule has 1 saturated carbocycles. The molecule has 6 nitrogen and oxygen atoms in total. The summed E-state index contributed by atoms with van der Waals surface area (Å²) in [6.45, 7) is 9.07. The quantitative estimate of drug-likeness (QED) is 0.526. The average Bonchev–Trinajstić information content (AvgIpc) is 3.47. The lowest BCUT2D eigenvalue weighted by molar-refractivity contribution is -0.138. The molecule has 0 bridgehead atoms. The van der Waals surface area contributed by atoms with Crippen LogP contribution in [-0.4, -0.2) is 21.1 Å². The van der Waals surface area contributed by atoms with Crippen molar-refractivity contribution in [3.8, 4) is 5.75 Å². The summed E-state index contributed by atoms with van der Waals surface area (Å²) in [5, 5.41) is 3.85. The van der Waals surface area contributed by atoms with Crippen LogP contribution in [0.4, 0.5) is 19.0 Å². The minimum atomic E-state index is -4.43. The molecule has 0 spiro atoms. The zero-order chi connectivity index (χ0) is 24.1. The molecule has 1 fully saturated rings. The topological polar surface area (TPSA) is 69.0 Å². The van der Waals surface area contributed by atoms with Crippen LogP contribution in [0.2, 0.25) is 0 Å². The molecule has 1 atom stereocenters. The summed E-state index contributed by atoms with van der Waals surface area (Å²) in [6.07, 6.45) is -0.945. The smallest absolute Gasteiger partial charge is 0.416 e. The van der Waals surface area contributed by atoms with E-state index in [4.69, 9.17) is 4.74 Å². The van der Waals surface area contributed by atoms with Crippen LogP contribution in [0.25, 0.3) is 10.9 Å². The molecule has 2 aromatic heterocycles. The van der Waals surface area contributed by atoms with Crippen molar-refractivity contribution in [1.82, 2.24) is 14.5 Å². The summed E-state index contributed by atoms with van der Waals surface area (Å²) in [5.74, 6) is 1.04. The monoisotopic (exact) mass is 460 g/mol. The van der Waals surface area contributed by atoms with Crippen molar-refractivity contribution < 1.29 is 17.9 Å². The lowest BCUT2D eigenvalue weighted by Gasteiger charge is -2.22. The molecule has 1 aliphatic rings. The first-order chi connectivity index (χ1) is 15.5. The Morgan fingerprint density at radius 2 is 1.94 bits per heavy atom. The van der Waals surface area contributed by atoms with Crippen LogP contribution in [0.15, 0.2) is 29.2 Å². The van der Waals surface area contributed by atoms with Crippen LogP contribution in [0, 0.1) is 13.8 Å². The largest absolute Gasteiger partial charge is 0.487 e. The molecule has 1 aliphatic carbocycles. The van der Waals surface area contributed by atoms with Crippen molar-refractivity contribution >= 4 is 16.7 Å². The van der Waals surface area contributed by atoms with Gasteiger partial charge in [0.05, 0.1) is 23.6 Å². The van der Waals surface area contributed by atoms with Gasteiger partial charge in [0.1, 0.15) is 17.2 Å². The average molecular weight is 461 g/mol. The number of halogens is 3. The summed E-state index contributed by atoms with van der Waals surface area (Å²) in [5.41, 5.74) is -0.117. The van der Waals surface area contributed by atoms with Crippen LogP contribution >= 0.6 is 0 Å². The number of ether oxygens (including phenoxy) is 1. The summed E-state index contributed by atoms with van der Waals surface area (Å²) < 4.78 is 47.6. The van der Waals surface area contributed by atoms with Crippen molar-refractivity contribution in [2.45, 2.75) is 65.2 Å². The molecule has 3 aromatic rings. The van der Waals surface area contributed by atoms with E-state index in [1.807, 2.05) is 6.92 Å². The molecular weight excluding hydrogens is 433 g/mol. The standard InChI is InChI=1S/C24H27F3N4O2/c1-6-33-20-19-17(12-31(22(20)32)23(5)10-11-23)21(30-15(4)29-19)28-14(3)16-8-7-9-18(13(16)2)24(25,26)27/h7-9,12,14H,6,10-11H2,1-5H3,(H,28,29,30)/t14-/m1/s1. The van der Waals surface area contributed by atoms with Gasteiger partial charge < -0.3 is 14.6 Å². The Bertz CT molecular complexity index is 1280. The summed E-state index contributed by atoms with van der Waals surface area (Å²) >= 11 is 0. The van der Waals surface area contributed by atoms with Gasteiger partial charge in [-0.2, -0.15) is 13.2 Å². The highest BCUT2D eigenvalue weighted by Gasteiger charge is 2.41. The molecule has 176 valence electrons. The second-order valence-corrected chi connectivity index (χ2v) is 8.83. The lowest BCUT2D eigenvalue weighted by Crippen LogP contribution is -2.29. The van der Waals surface area contributed by atoms with E-state index >= 15 is 0 Å². The molecule has 1 aromatic carbocycles. The third-order valence-electron chi connectivity index (χ3n) is 6.29. The highest BCUT2D eigenvalue weighted by atomic mass is 19.4. The van der Waals surface area contributed by atoms with Crippen LogP contribution in [0.5, 0.6) is 5.75 Å². The maximum atomic E-state index is 13.4. The molecule has 0 amide bonds. The molecular formula is C24H27F3N4O2. The number of alkyl halides is 3. The second kappa shape index (κ2) is 8.04. The number of nitrogens with one attached hydrogen (secondary N) is 1. The maximum Gasteiger partial charge on any atom is 0.416 e. The Kier molecular flexibility index (Phi) is 5.62. The van der Waals surface area contributed by atoms with Crippen molar-refractivity contribution in [2.24, 2.45) is 0 Å². The Morgan fingerprint density at radius 1 is 1.24 bits per heavy atom. The molecule has 1 N–H and O–H groups in total. The number of anilines is 1. The van der Waals surface area contributed by atoms with Gasteiger partial charge in [0.25, 0.3) is 5.56 Å². The van der Waals surface area contributed by atoms with E-state index in [1.165, 1.54) is 13.0 Å². The molecule has 0 radical (unpaired) electrons. The van der Waals surface area contributed by atoms with E-state index in [0.717, 1.165) is 18.9 Å². The van der Waals surface area contributed by atoms with Gasteiger partial charge in [0, 0.05) is 11.7 Å². The first-order valence-corrected chi connectivity index (χ1v) is 11.0. The Labute approximate surface area is 189 Å². The summed E-state index contributed by atoms with van der Waals surface area (Å²) in [4.78, 5) is 22.1. The molecule has 2 heterocycles. The van der Waals surface area contributed by atoms with Gasteiger partial charge in [0.15, 0.2) is 0 Å². The van der Waals surface area contributed by atoms with Crippen molar-refractivity contribution in [1.29, 1.82) is 0 Å². The van der Waals surface area contributed by atoms with E-state index < -0.39 is 17.8 Å². The van der Waals surface area contributed by atoms with Crippen LogP contribution < -0.4 is 15.6 Å². The third-order valence-corrected chi connectivity index (χ3v) is 6.29. The van der Waals surface area contributed by atoms with Gasteiger partial charge in [-0.25, -0.2) is 9.97 Å². The van der Waals surface area contributed by atoms with E-state index in [1.54, 1.807) is 37.6 Å². The van der Waals surface area contributed by atoms with Crippen LogP contribution in [0.1, 0.15) is 62.2 Å². The van der Waals surface area contributed by atoms with Crippen molar-refractivity contribution in [3.05, 3.63) is 57.3 Å². The molecule has 0 unspecified atom stereocenters. The zero-order valence-electron chi connectivity index (χ0n) is 19.3. The first-order valence-electron chi connectivity index (χ1n) is 11.0. The fraction of sp³-hybridized carbons (Fsp3) is 0.458. The third kappa shape index (κ3) is 4.16. The number of aromatic nitrogens is 3. The van der Waals surface area contributed by atoms with Crippen molar-refractivity contribution in [3.63, 3.8) is 0 Å². The van der Waals surface area contributed by atoms with E-state index in [0.29, 0.717) is 34.7 Å². The van der Waals surface area contributed by atoms with Crippen LogP contribution in [-0.2, 0) is 11.7 Å². The predicted molar refractivity (Wildman–Crippen MR) is 121 cm³/mol. The van der Waals surface area contributed by atoms with E-state index in [2.05, 4.69) is 15.3 Å². The number of rotatable bonds is 6. The van der Waals surface area contributed by atoms with Crippen LogP contribution in [0.3, 0.4) is 0 Å². The number of pyridine rings is 1. The normalized spacial score (nSPS) is 16.0. The lowest BCUT2D eigenvalue weighted by atomic mass is 9.97. The fourth-order valence-electron chi connectivity index (χ4n) is 4.19.